The standard InChI is InChI=1S/C15H22F3NO/c1-2-19-14(10-13-7-4-8-20-13)11-5-3-6-12(9-11)15(16,17)18/h4,7-8,11-12,14,19H,2-3,5-6,9-10H2,1H3. The minimum Gasteiger partial charge on any atom is -0.469 e. The van der Waals surface area contributed by atoms with Crippen molar-refractivity contribution in [1.29, 1.82) is 0 Å². The molecule has 0 amide bonds. The van der Waals surface area contributed by atoms with E-state index in [1.54, 1.807) is 6.26 Å². The van der Waals surface area contributed by atoms with Crippen molar-refractivity contribution < 1.29 is 17.6 Å². The van der Waals surface area contributed by atoms with Crippen molar-refractivity contribution in [2.45, 2.75) is 51.2 Å². The minimum atomic E-state index is -4.06. The molecule has 1 aromatic heterocycles. The number of halogens is 3. The van der Waals surface area contributed by atoms with E-state index in [-0.39, 0.29) is 24.8 Å². The van der Waals surface area contributed by atoms with Crippen molar-refractivity contribution in [3.8, 4) is 0 Å². The number of furan rings is 1. The van der Waals surface area contributed by atoms with Gasteiger partial charge in [-0.25, -0.2) is 0 Å². The number of likely N-dealkylation sites (N-methyl/N-ethyl adjacent to an activating group) is 1. The molecule has 0 radical (unpaired) electrons. The van der Waals surface area contributed by atoms with Crippen LogP contribution in [0.1, 0.15) is 38.4 Å². The van der Waals surface area contributed by atoms with E-state index in [1.807, 2.05) is 19.1 Å². The maximum Gasteiger partial charge on any atom is 0.391 e. The van der Waals surface area contributed by atoms with E-state index in [9.17, 15) is 13.2 Å². The van der Waals surface area contributed by atoms with Crippen LogP contribution in [0.5, 0.6) is 0 Å². The minimum absolute atomic E-state index is 0.0660. The second-order valence-corrected chi connectivity index (χ2v) is 5.61. The summed E-state index contributed by atoms with van der Waals surface area (Å²) in [7, 11) is 0. The summed E-state index contributed by atoms with van der Waals surface area (Å²) in [6.07, 6.45) is 0.259. The van der Waals surface area contributed by atoms with Gasteiger partial charge in [0.1, 0.15) is 5.76 Å². The van der Waals surface area contributed by atoms with Crippen LogP contribution in [0.3, 0.4) is 0 Å². The molecule has 1 heterocycles. The molecule has 1 saturated carbocycles. The van der Waals surface area contributed by atoms with Crippen LogP contribution in [-0.2, 0) is 6.42 Å². The molecule has 20 heavy (non-hydrogen) atoms. The zero-order chi connectivity index (χ0) is 14.6. The third-order valence-corrected chi connectivity index (χ3v) is 4.21. The van der Waals surface area contributed by atoms with Crippen molar-refractivity contribution in [2.75, 3.05) is 6.54 Å². The van der Waals surface area contributed by atoms with E-state index in [2.05, 4.69) is 5.32 Å². The quantitative estimate of drug-likeness (QED) is 0.880. The van der Waals surface area contributed by atoms with E-state index >= 15 is 0 Å². The van der Waals surface area contributed by atoms with Gasteiger partial charge < -0.3 is 9.73 Å². The summed E-state index contributed by atoms with van der Waals surface area (Å²) < 4.78 is 44.0. The number of rotatable bonds is 5. The Morgan fingerprint density at radius 1 is 1.40 bits per heavy atom. The third kappa shape index (κ3) is 4.01. The zero-order valence-electron chi connectivity index (χ0n) is 11.7. The molecule has 1 N–H and O–H groups in total. The van der Waals surface area contributed by atoms with Gasteiger partial charge in [0.05, 0.1) is 12.2 Å². The second-order valence-electron chi connectivity index (χ2n) is 5.61. The molecule has 1 aromatic rings. The highest BCUT2D eigenvalue weighted by Crippen LogP contribution is 2.41. The molecule has 0 spiro atoms. The lowest BCUT2D eigenvalue weighted by Gasteiger charge is -2.35. The highest BCUT2D eigenvalue weighted by Gasteiger charge is 2.43. The van der Waals surface area contributed by atoms with Gasteiger partial charge in [0.25, 0.3) is 0 Å². The number of alkyl halides is 3. The highest BCUT2D eigenvalue weighted by molar-refractivity contribution is 5.02. The predicted octanol–water partition coefficient (Wildman–Crippen LogP) is 4.17. The molecule has 0 aliphatic heterocycles. The molecule has 1 aliphatic carbocycles. The van der Waals surface area contributed by atoms with Gasteiger partial charge in [-0.15, -0.1) is 0 Å². The van der Waals surface area contributed by atoms with E-state index in [1.165, 1.54) is 0 Å². The van der Waals surface area contributed by atoms with Gasteiger partial charge in [-0.3, -0.25) is 0 Å². The van der Waals surface area contributed by atoms with Crippen LogP contribution in [0, 0.1) is 11.8 Å². The van der Waals surface area contributed by atoms with E-state index in [4.69, 9.17) is 4.42 Å². The average molecular weight is 289 g/mol. The maximum absolute atomic E-state index is 12.9. The lowest BCUT2D eigenvalue weighted by Crippen LogP contribution is -2.42. The summed E-state index contributed by atoms with van der Waals surface area (Å²) in [5.74, 6) is -0.232. The first-order valence-corrected chi connectivity index (χ1v) is 7.33. The fraction of sp³-hybridized carbons (Fsp3) is 0.733. The molecular weight excluding hydrogens is 267 g/mol. The molecule has 1 fully saturated rings. The van der Waals surface area contributed by atoms with Crippen LogP contribution in [-0.4, -0.2) is 18.8 Å². The van der Waals surface area contributed by atoms with Crippen molar-refractivity contribution in [3.05, 3.63) is 24.2 Å². The summed E-state index contributed by atoms with van der Waals surface area (Å²) >= 11 is 0. The highest BCUT2D eigenvalue weighted by atomic mass is 19.4. The van der Waals surface area contributed by atoms with Gasteiger partial charge in [-0.05, 0) is 43.9 Å². The second kappa shape index (κ2) is 6.66. The molecule has 1 aliphatic rings. The Hall–Kier alpha value is -0.970. The van der Waals surface area contributed by atoms with Gasteiger partial charge in [-0.1, -0.05) is 13.3 Å². The molecule has 114 valence electrons. The smallest absolute Gasteiger partial charge is 0.391 e. The van der Waals surface area contributed by atoms with Crippen LogP contribution >= 0.6 is 0 Å². The average Bonchev–Trinajstić information content (AvgIpc) is 2.90. The first-order chi connectivity index (χ1) is 9.50. The summed E-state index contributed by atoms with van der Waals surface area (Å²) in [4.78, 5) is 0. The van der Waals surface area contributed by atoms with E-state index < -0.39 is 12.1 Å². The lowest BCUT2D eigenvalue weighted by atomic mass is 9.76. The molecular formula is C15H22F3NO. The molecule has 0 bridgehead atoms. The first-order valence-electron chi connectivity index (χ1n) is 7.33. The maximum atomic E-state index is 12.9. The summed E-state index contributed by atoms with van der Waals surface area (Å²) in [6.45, 7) is 2.75. The Bertz CT molecular complexity index is 388. The predicted molar refractivity (Wildman–Crippen MR) is 71.4 cm³/mol. The normalized spacial score (nSPS) is 25.6. The number of nitrogens with one attached hydrogen (secondary N) is 1. The van der Waals surface area contributed by atoms with Crippen LogP contribution in [0.15, 0.2) is 22.8 Å². The monoisotopic (exact) mass is 289 g/mol. The largest absolute Gasteiger partial charge is 0.469 e. The Labute approximate surface area is 117 Å². The molecule has 3 atom stereocenters. The van der Waals surface area contributed by atoms with Crippen molar-refractivity contribution in [1.82, 2.24) is 5.32 Å². The molecule has 0 aromatic carbocycles. The number of hydrogen-bond acceptors (Lipinski definition) is 2. The van der Waals surface area contributed by atoms with E-state index in [0.717, 1.165) is 18.7 Å². The zero-order valence-corrected chi connectivity index (χ0v) is 11.7. The molecule has 2 nitrogen and oxygen atoms in total. The van der Waals surface area contributed by atoms with Crippen LogP contribution in [0.25, 0.3) is 0 Å². The van der Waals surface area contributed by atoms with Crippen molar-refractivity contribution >= 4 is 0 Å². The SMILES string of the molecule is CCNC(Cc1ccco1)C1CCCC(C(F)(F)F)C1. The molecule has 3 unspecified atom stereocenters. The Morgan fingerprint density at radius 2 is 2.20 bits per heavy atom. The van der Waals surface area contributed by atoms with E-state index in [0.29, 0.717) is 12.8 Å². The summed E-state index contributed by atoms with van der Waals surface area (Å²) in [5, 5.41) is 3.34. The fourth-order valence-electron chi connectivity index (χ4n) is 3.20. The lowest BCUT2D eigenvalue weighted by molar-refractivity contribution is -0.186. The Kier molecular flexibility index (Phi) is 5.13. The van der Waals surface area contributed by atoms with Crippen molar-refractivity contribution in [2.24, 2.45) is 11.8 Å². The number of hydrogen-bond donors (Lipinski definition) is 1. The summed E-state index contributed by atoms with van der Waals surface area (Å²) in [6, 6.07) is 3.77. The van der Waals surface area contributed by atoms with Gasteiger partial charge in [-0.2, -0.15) is 13.2 Å². The Morgan fingerprint density at radius 3 is 2.80 bits per heavy atom. The van der Waals surface area contributed by atoms with Crippen LogP contribution in [0.4, 0.5) is 13.2 Å². The van der Waals surface area contributed by atoms with Gasteiger partial charge in [0, 0.05) is 12.5 Å². The van der Waals surface area contributed by atoms with Gasteiger partial charge in [0.15, 0.2) is 0 Å². The summed E-state index contributed by atoms with van der Waals surface area (Å²) in [5.41, 5.74) is 0. The first kappa shape index (κ1) is 15.4. The fourth-order valence-corrected chi connectivity index (χ4v) is 3.20. The van der Waals surface area contributed by atoms with Gasteiger partial charge in [0.2, 0.25) is 0 Å². The topological polar surface area (TPSA) is 25.2 Å². The van der Waals surface area contributed by atoms with Crippen LogP contribution < -0.4 is 5.32 Å². The van der Waals surface area contributed by atoms with Crippen LogP contribution in [0.2, 0.25) is 0 Å². The van der Waals surface area contributed by atoms with Crippen molar-refractivity contribution in [3.63, 3.8) is 0 Å². The Balaban J connectivity index is 2.01. The molecule has 2 rings (SSSR count). The molecule has 5 heteroatoms. The van der Waals surface area contributed by atoms with Gasteiger partial charge >= 0.3 is 6.18 Å². The molecule has 0 saturated heterocycles. The third-order valence-electron chi connectivity index (χ3n) is 4.21.